The number of amides is 2. The number of rotatable bonds is 9. The van der Waals surface area contributed by atoms with Crippen LogP contribution in [-0.4, -0.2) is 79.2 Å². The summed E-state index contributed by atoms with van der Waals surface area (Å²) in [7, 11) is 1.50. The molecule has 1 aromatic rings. The quantitative estimate of drug-likeness (QED) is 0.685. The smallest absolute Gasteiger partial charge is 0.323 e. The molecule has 1 heterocycles. The predicted octanol–water partition coefficient (Wildman–Crippen LogP) is 0.864. The molecule has 8 heteroatoms. The van der Waals surface area contributed by atoms with Gasteiger partial charge in [0.05, 0.1) is 12.5 Å². The molecule has 148 valence electrons. The summed E-state index contributed by atoms with van der Waals surface area (Å²) in [6.07, 6.45) is 1.32. The van der Waals surface area contributed by atoms with E-state index in [4.69, 9.17) is 14.6 Å². The van der Waals surface area contributed by atoms with Crippen LogP contribution in [0.15, 0.2) is 30.3 Å². The highest BCUT2D eigenvalue weighted by atomic mass is 16.5. The molecule has 1 N–H and O–H groups in total. The molecule has 0 bridgehead atoms. The highest BCUT2D eigenvalue weighted by Crippen LogP contribution is 2.19. The van der Waals surface area contributed by atoms with Gasteiger partial charge >= 0.3 is 5.97 Å². The Bertz CT molecular complexity index is 636. The summed E-state index contributed by atoms with van der Waals surface area (Å²) in [5, 5.41) is 9.03. The number of nitrogens with zero attached hydrogens (tertiary/aromatic N) is 2. The molecule has 1 aromatic carbocycles. The van der Waals surface area contributed by atoms with Crippen LogP contribution < -0.4 is 4.74 Å². The van der Waals surface area contributed by atoms with Gasteiger partial charge in [0.25, 0.3) is 5.91 Å². The average molecular weight is 378 g/mol. The summed E-state index contributed by atoms with van der Waals surface area (Å²) in [6, 6.07) is 9.06. The number of hydrogen-bond donors (Lipinski definition) is 1. The lowest BCUT2D eigenvalue weighted by Gasteiger charge is -2.34. The van der Waals surface area contributed by atoms with E-state index in [0.717, 1.165) is 0 Å². The van der Waals surface area contributed by atoms with Crippen molar-refractivity contribution >= 4 is 17.8 Å². The van der Waals surface area contributed by atoms with Crippen LogP contribution in [0.3, 0.4) is 0 Å². The lowest BCUT2D eigenvalue weighted by Crippen LogP contribution is -2.49. The van der Waals surface area contributed by atoms with Crippen molar-refractivity contribution in [2.75, 3.05) is 46.5 Å². The maximum Gasteiger partial charge on any atom is 0.323 e. The monoisotopic (exact) mass is 378 g/mol. The van der Waals surface area contributed by atoms with Crippen LogP contribution >= 0.6 is 0 Å². The normalized spacial score (nSPS) is 16.6. The molecular weight excluding hydrogens is 352 g/mol. The number of aliphatic carboxylic acids is 1. The van der Waals surface area contributed by atoms with E-state index in [1.165, 1.54) is 12.0 Å². The van der Waals surface area contributed by atoms with Crippen molar-refractivity contribution in [1.82, 2.24) is 9.80 Å². The number of carbonyl (C=O) groups excluding carboxylic acids is 2. The number of likely N-dealkylation sites (tertiary alicyclic amines) is 1. The fourth-order valence-electron chi connectivity index (χ4n) is 3.05. The Morgan fingerprint density at radius 1 is 1.26 bits per heavy atom. The van der Waals surface area contributed by atoms with E-state index in [2.05, 4.69) is 0 Å². The second-order valence-corrected chi connectivity index (χ2v) is 6.43. The molecule has 1 aliphatic heterocycles. The van der Waals surface area contributed by atoms with E-state index >= 15 is 0 Å². The maximum absolute atomic E-state index is 12.7. The Balaban J connectivity index is 1.91. The van der Waals surface area contributed by atoms with Crippen LogP contribution in [0.4, 0.5) is 0 Å². The van der Waals surface area contributed by atoms with Gasteiger partial charge in [-0.25, -0.2) is 0 Å². The fourth-order valence-corrected chi connectivity index (χ4v) is 3.05. The number of methoxy groups -OCH3 is 1. The standard InChI is InChI=1S/C19H26N2O6/c1-26-11-10-21(13-18(23)24)19(25)15-6-5-9-20(12-15)17(22)14-27-16-7-3-2-4-8-16/h2-4,7-8,15H,5-6,9-14H2,1H3,(H,23,24). The van der Waals surface area contributed by atoms with E-state index < -0.39 is 11.9 Å². The largest absolute Gasteiger partial charge is 0.484 e. The van der Waals surface area contributed by atoms with Gasteiger partial charge in [-0.15, -0.1) is 0 Å². The number of ether oxygens (including phenoxy) is 2. The maximum atomic E-state index is 12.7. The van der Waals surface area contributed by atoms with Crippen LogP contribution in [0.5, 0.6) is 5.75 Å². The zero-order valence-corrected chi connectivity index (χ0v) is 15.5. The van der Waals surface area contributed by atoms with Crippen molar-refractivity contribution in [3.63, 3.8) is 0 Å². The first-order valence-electron chi connectivity index (χ1n) is 8.96. The minimum Gasteiger partial charge on any atom is -0.484 e. The molecule has 0 spiro atoms. The predicted molar refractivity (Wildman–Crippen MR) is 97.3 cm³/mol. The molecule has 0 aromatic heterocycles. The number of piperidine rings is 1. The molecule has 2 amide bonds. The summed E-state index contributed by atoms with van der Waals surface area (Å²) in [5.41, 5.74) is 0. The zero-order chi connectivity index (χ0) is 19.6. The molecule has 1 fully saturated rings. The summed E-state index contributed by atoms with van der Waals surface area (Å²) in [6.45, 7) is 0.858. The third kappa shape index (κ3) is 6.56. The van der Waals surface area contributed by atoms with E-state index in [1.54, 1.807) is 17.0 Å². The van der Waals surface area contributed by atoms with Crippen molar-refractivity contribution in [1.29, 1.82) is 0 Å². The molecule has 27 heavy (non-hydrogen) atoms. The highest BCUT2D eigenvalue weighted by Gasteiger charge is 2.32. The summed E-state index contributed by atoms with van der Waals surface area (Å²) in [4.78, 5) is 39.1. The number of para-hydroxylation sites is 1. The van der Waals surface area contributed by atoms with Gasteiger partial charge in [-0.1, -0.05) is 18.2 Å². The Morgan fingerprint density at radius 2 is 2.00 bits per heavy atom. The Labute approximate surface area is 158 Å². The van der Waals surface area contributed by atoms with Crippen LogP contribution in [0, 0.1) is 5.92 Å². The highest BCUT2D eigenvalue weighted by molar-refractivity contribution is 5.84. The third-order valence-corrected chi connectivity index (χ3v) is 4.43. The summed E-state index contributed by atoms with van der Waals surface area (Å²) in [5.74, 6) is -1.30. The second-order valence-electron chi connectivity index (χ2n) is 6.43. The molecular formula is C19H26N2O6. The average Bonchev–Trinajstić information content (AvgIpc) is 2.69. The number of benzene rings is 1. The van der Waals surface area contributed by atoms with Crippen molar-refractivity contribution in [3.05, 3.63) is 30.3 Å². The number of carboxylic acids is 1. The lowest BCUT2D eigenvalue weighted by atomic mass is 9.96. The summed E-state index contributed by atoms with van der Waals surface area (Å²) < 4.78 is 10.4. The van der Waals surface area contributed by atoms with Crippen molar-refractivity contribution in [2.24, 2.45) is 5.92 Å². The third-order valence-electron chi connectivity index (χ3n) is 4.43. The molecule has 2 rings (SSSR count). The Hall–Kier alpha value is -2.61. The van der Waals surface area contributed by atoms with Crippen molar-refractivity contribution < 1.29 is 29.0 Å². The van der Waals surface area contributed by atoms with Crippen LogP contribution in [0.25, 0.3) is 0 Å². The molecule has 1 saturated heterocycles. The van der Waals surface area contributed by atoms with E-state index in [9.17, 15) is 14.4 Å². The van der Waals surface area contributed by atoms with Gasteiger partial charge in [-0.2, -0.15) is 0 Å². The number of carbonyl (C=O) groups is 3. The van der Waals surface area contributed by atoms with Crippen molar-refractivity contribution in [3.8, 4) is 5.75 Å². The Morgan fingerprint density at radius 3 is 2.67 bits per heavy atom. The van der Waals surface area contributed by atoms with Gasteiger partial charge in [0.15, 0.2) is 6.61 Å². The summed E-state index contributed by atoms with van der Waals surface area (Å²) >= 11 is 0. The molecule has 0 aliphatic carbocycles. The lowest BCUT2D eigenvalue weighted by molar-refractivity contribution is -0.149. The van der Waals surface area contributed by atoms with Gasteiger partial charge in [-0.05, 0) is 25.0 Å². The van der Waals surface area contributed by atoms with Gasteiger partial charge in [0, 0.05) is 26.7 Å². The Kier molecular flexibility index (Phi) is 8.06. The topological polar surface area (TPSA) is 96.4 Å². The number of carboxylic acid groups (broad SMARTS) is 1. The van der Waals surface area contributed by atoms with E-state index in [1.807, 2.05) is 18.2 Å². The fraction of sp³-hybridized carbons (Fsp3) is 0.526. The van der Waals surface area contributed by atoms with Gasteiger partial charge < -0.3 is 24.4 Å². The molecule has 1 aliphatic rings. The van der Waals surface area contributed by atoms with Crippen LogP contribution in [-0.2, 0) is 19.1 Å². The molecule has 8 nitrogen and oxygen atoms in total. The minimum atomic E-state index is -1.07. The van der Waals surface area contributed by atoms with Crippen LogP contribution in [0.1, 0.15) is 12.8 Å². The molecule has 0 radical (unpaired) electrons. The molecule has 0 saturated carbocycles. The van der Waals surface area contributed by atoms with Gasteiger partial charge in [0.2, 0.25) is 5.91 Å². The molecule has 1 atom stereocenters. The van der Waals surface area contributed by atoms with Gasteiger partial charge in [-0.3, -0.25) is 14.4 Å². The van der Waals surface area contributed by atoms with E-state index in [-0.39, 0.29) is 44.7 Å². The van der Waals surface area contributed by atoms with E-state index in [0.29, 0.717) is 25.1 Å². The first-order chi connectivity index (χ1) is 13.0. The van der Waals surface area contributed by atoms with Crippen LogP contribution in [0.2, 0.25) is 0 Å². The first-order valence-corrected chi connectivity index (χ1v) is 8.96. The zero-order valence-electron chi connectivity index (χ0n) is 15.5. The van der Waals surface area contributed by atoms with Gasteiger partial charge in [0.1, 0.15) is 12.3 Å². The van der Waals surface area contributed by atoms with Crippen molar-refractivity contribution in [2.45, 2.75) is 12.8 Å². The minimum absolute atomic E-state index is 0.0898. The first kappa shape index (κ1) is 20.7. The molecule has 1 unspecified atom stereocenters. The SMILES string of the molecule is COCCN(CC(=O)O)C(=O)C1CCCN(C(=O)COc2ccccc2)C1. The number of hydrogen-bond acceptors (Lipinski definition) is 5. The second kappa shape index (κ2) is 10.5.